The summed E-state index contributed by atoms with van der Waals surface area (Å²) in [6.07, 6.45) is 0. The standard InChI is InChI=1S/C18H19FN4O2S/c1-25-15-3-2-12(10-13(15)19)11-23-17(24)16-14(4-9-26-16)21-18(23)22-7-5-20-6-8-22/h2-4,9-10,20H,5-8,11H2,1H3. The van der Waals surface area contributed by atoms with Crippen molar-refractivity contribution in [2.45, 2.75) is 6.54 Å². The van der Waals surface area contributed by atoms with Crippen molar-refractivity contribution in [2.24, 2.45) is 0 Å². The molecule has 0 spiro atoms. The number of aromatic nitrogens is 2. The van der Waals surface area contributed by atoms with Crippen molar-refractivity contribution in [3.8, 4) is 5.75 Å². The fourth-order valence-electron chi connectivity index (χ4n) is 3.17. The van der Waals surface area contributed by atoms with E-state index in [0.717, 1.165) is 26.2 Å². The lowest BCUT2D eigenvalue weighted by atomic mass is 10.2. The molecule has 1 N–H and O–H groups in total. The molecule has 0 radical (unpaired) electrons. The number of thiophene rings is 1. The maximum absolute atomic E-state index is 14.1. The Morgan fingerprint density at radius 2 is 2.12 bits per heavy atom. The first-order valence-electron chi connectivity index (χ1n) is 8.43. The molecule has 1 aliphatic heterocycles. The van der Waals surface area contributed by atoms with Crippen LogP contribution in [0.15, 0.2) is 34.4 Å². The molecule has 1 fully saturated rings. The quantitative estimate of drug-likeness (QED) is 0.758. The van der Waals surface area contributed by atoms with Gasteiger partial charge in [0, 0.05) is 26.2 Å². The van der Waals surface area contributed by atoms with Crippen molar-refractivity contribution in [3.05, 3.63) is 51.4 Å². The largest absolute Gasteiger partial charge is 0.494 e. The van der Waals surface area contributed by atoms with Crippen molar-refractivity contribution in [2.75, 3.05) is 38.2 Å². The predicted octanol–water partition coefficient (Wildman–Crippen LogP) is 2.06. The Morgan fingerprint density at radius 1 is 1.31 bits per heavy atom. The molecule has 1 saturated heterocycles. The summed E-state index contributed by atoms with van der Waals surface area (Å²) in [6, 6.07) is 6.63. The van der Waals surface area contributed by atoms with Crippen molar-refractivity contribution in [3.63, 3.8) is 0 Å². The SMILES string of the molecule is COc1ccc(Cn2c(N3CCNCC3)nc3ccsc3c2=O)cc1F. The minimum absolute atomic E-state index is 0.0882. The van der Waals surface area contributed by atoms with Gasteiger partial charge in [-0.15, -0.1) is 11.3 Å². The molecule has 26 heavy (non-hydrogen) atoms. The van der Waals surface area contributed by atoms with Crippen LogP contribution in [0.3, 0.4) is 0 Å². The number of nitrogens with one attached hydrogen (secondary N) is 1. The number of nitrogens with zero attached hydrogens (tertiary/aromatic N) is 3. The highest BCUT2D eigenvalue weighted by molar-refractivity contribution is 7.17. The molecule has 2 aromatic heterocycles. The summed E-state index contributed by atoms with van der Waals surface area (Å²) in [4.78, 5) is 19.9. The van der Waals surface area contributed by atoms with Gasteiger partial charge in [-0.05, 0) is 29.1 Å². The zero-order valence-corrected chi connectivity index (χ0v) is 15.2. The van der Waals surface area contributed by atoms with Gasteiger partial charge in [-0.25, -0.2) is 9.37 Å². The first kappa shape index (κ1) is 17.0. The Labute approximate surface area is 153 Å². The van der Waals surface area contributed by atoms with Gasteiger partial charge >= 0.3 is 0 Å². The normalized spacial score (nSPS) is 14.8. The summed E-state index contributed by atoms with van der Waals surface area (Å²) >= 11 is 1.38. The van der Waals surface area contributed by atoms with Crippen LogP contribution in [0.2, 0.25) is 0 Å². The summed E-state index contributed by atoms with van der Waals surface area (Å²) in [6.45, 7) is 3.50. The van der Waals surface area contributed by atoms with Crippen molar-refractivity contribution in [1.29, 1.82) is 0 Å². The number of ether oxygens (including phenoxy) is 1. The van der Waals surface area contributed by atoms with Gasteiger partial charge in [-0.1, -0.05) is 6.07 Å². The molecule has 136 valence electrons. The van der Waals surface area contributed by atoms with Crippen LogP contribution in [-0.2, 0) is 6.54 Å². The molecular weight excluding hydrogens is 355 g/mol. The number of hydrogen-bond acceptors (Lipinski definition) is 6. The molecule has 0 atom stereocenters. The number of rotatable bonds is 4. The van der Waals surface area contributed by atoms with E-state index < -0.39 is 5.82 Å². The van der Waals surface area contributed by atoms with Crippen molar-refractivity contribution < 1.29 is 9.13 Å². The second-order valence-corrected chi connectivity index (χ2v) is 7.06. The fourth-order valence-corrected chi connectivity index (χ4v) is 3.95. The first-order valence-corrected chi connectivity index (χ1v) is 9.31. The van der Waals surface area contributed by atoms with E-state index in [1.807, 2.05) is 11.4 Å². The lowest BCUT2D eigenvalue weighted by molar-refractivity contribution is 0.386. The number of piperazine rings is 1. The average molecular weight is 374 g/mol. The van der Waals surface area contributed by atoms with Gasteiger partial charge in [0.05, 0.1) is 19.2 Å². The highest BCUT2D eigenvalue weighted by Gasteiger charge is 2.20. The number of hydrogen-bond donors (Lipinski definition) is 1. The Morgan fingerprint density at radius 3 is 2.85 bits per heavy atom. The van der Waals surface area contributed by atoms with Gasteiger partial charge in [-0.2, -0.15) is 0 Å². The van der Waals surface area contributed by atoms with Crippen molar-refractivity contribution >= 4 is 27.5 Å². The third-order valence-electron chi connectivity index (χ3n) is 4.50. The highest BCUT2D eigenvalue weighted by Crippen LogP contribution is 2.22. The van der Waals surface area contributed by atoms with Gasteiger partial charge in [0.2, 0.25) is 5.95 Å². The highest BCUT2D eigenvalue weighted by atomic mass is 32.1. The van der Waals surface area contributed by atoms with E-state index in [1.165, 1.54) is 24.5 Å². The second kappa shape index (κ2) is 7.05. The summed E-state index contributed by atoms with van der Waals surface area (Å²) < 4.78 is 21.3. The van der Waals surface area contributed by atoms with E-state index in [2.05, 4.69) is 10.2 Å². The molecule has 6 nitrogen and oxygen atoms in total. The van der Waals surface area contributed by atoms with Crippen LogP contribution in [0, 0.1) is 5.82 Å². The van der Waals surface area contributed by atoms with Gasteiger partial charge in [0.1, 0.15) is 4.70 Å². The summed E-state index contributed by atoms with van der Waals surface area (Å²) in [5.74, 6) is 0.390. The van der Waals surface area contributed by atoms with Crippen LogP contribution < -0.4 is 20.5 Å². The maximum atomic E-state index is 14.1. The van der Waals surface area contributed by atoms with Crippen LogP contribution in [0.4, 0.5) is 10.3 Å². The van der Waals surface area contributed by atoms with Crippen LogP contribution >= 0.6 is 11.3 Å². The molecule has 0 saturated carbocycles. The maximum Gasteiger partial charge on any atom is 0.273 e. The van der Waals surface area contributed by atoms with Gasteiger partial charge in [0.15, 0.2) is 11.6 Å². The Balaban J connectivity index is 1.80. The third-order valence-corrected chi connectivity index (χ3v) is 5.39. The predicted molar refractivity (Wildman–Crippen MR) is 101 cm³/mol. The molecule has 8 heteroatoms. The van der Waals surface area contributed by atoms with Gasteiger partial charge < -0.3 is 15.0 Å². The number of benzene rings is 1. The van der Waals surface area contributed by atoms with Crippen molar-refractivity contribution in [1.82, 2.24) is 14.9 Å². The third kappa shape index (κ3) is 3.06. The van der Waals surface area contributed by atoms with Gasteiger partial charge in [0.25, 0.3) is 5.56 Å². The smallest absolute Gasteiger partial charge is 0.273 e. The molecule has 4 rings (SSSR count). The summed E-state index contributed by atoms with van der Waals surface area (Å²) in [5.41, 5.74) is 1.32. The molecule has 1 aromatic carbocycles. The molecule has 1 aliphatic rings. The lowest BCUT2D eigenvalue weighted by Gasteiger charge is -2.30. The van der Waals surface area contributed by atoms with E-state index in [0.29, 0.717) is 21.7 Å². The number of methoxy groups -OCH3 is 1. The molecular formula is C18H19FN4O2S. The number of halogens is 1. The van der Waals surface area contributed by atoms with Crippen LogP contribution in [0.1, 0.15) is 5.56 Å². The fraction of sp³-hybridized carbons (Fsp3) is 0.333. The minimum atomic E-state index is -0.438. The monoisotopic (exact) mass is 374 g/mol. The average Bonchev–Trinajstić information content (AvgIpc) is 3.14. The molecule has 0 amide bonds. The Hall–Kier alpha value is -2.45. The molecule has 3 aromatic rings. The Kier molecular flexibility index (Phi) is 4.60. The number of anilines is 1. The molecule has 0 bridgehead atoms. The van der Waals surface area contributed by atoms with Crippen LogP contribution in [0.25, 0.3) is 10.2 Å². The van der Waals surface area contributed by atoms with E-state index >= 15 is 0 Å². The van der Waals surface area contributed by atoms with E-state index in [1.54, 1.807) is 16.7 Å². The van der Waals surface area contributed by atoms with Gasteiger partial charge in [-0.3, -0.25) is 9.36 Å². The second-order valence-electron chi connectivity index (χ2n) is 6.14. The zero-order valence-electron chi connectivity index (χ0n) is 14.4. The molecule has 3 heterocycles. The Bertz CT molecular complexity index is 995. The molecule has 0 unspecified atom stereocenters. The van der Waals surface area contributed by atoms with Crippen LogP contribution in [0.5, 0.6) is 5.75 Å². The minimum Gasteiger partial charge on any atom is -0.494 e. The van der Waals surface area contributed by atoms with E-state index in [-0.39, 0.29) is 17.9 Å². The van der Waals surface area contributed by atoms with Crippen LogP contribution in [-0.4, -0.2) is 42.8 Å². The summed E-state index contributed by atoms with van der Waals surface area (Å²) in [7, 11) is 1.43. The molecule has 0 aliphatic carbocycles. The van der Waals surface area contributed by atoms with E-state index in [4.69, 9.17) is 9.72 Å². The number of fused-ring (bicyclic) bond motifs is 1. The lowest BCUT2D eigenvalue weighted by Crippen LogP contribution is -2.46. The topological polar surface area (TPSA) is 59.4 Å². The summed E-state index contributed by atoms with van der Waals surface area (Å²) in [5, 5.41) is 5.18. The van der Waals surface area contributed by atoms with E-state index in [9.17, 15) is 9.18 Å². The first-order chi connectivity index (χ1) is 12.7. The zero-order chi connectivity index (χ0) is 18.1.